The molecule has 0 aromatic heterocycles. The molecular formula is C16H25NO2. The Kier molecular flexibility index (Phi) is 6.18. The molecule has 0 aliphatic heterocycles. The Bertz CT molecular complexity index is 342. The molecule has 1 saturated carbocycles. The van der Waals surface area contributed by atoms with Gasteiger partial charge in [0.1, 0.15) is 12.4 Å². The Hall–Kier alpha value is -1.06. The van der Waals surface area contributed by atoms with E-state index in [0.29, 0.717) is 25.2 Å². The van der Waals surface area contributed by atoms with Gasteiger partial charge in [-0.2, -0.15) is 0 Å². The minimum Gasteiger partial charge on any atom is -0.491 e. The van der Waals surface area contributed by atoms with E-state index in [9.17, 15) is 0 Å². The first-order chi connectivity index (χ1) is 9.40. The van der Waals surface area contributed by atoms with Crippen molar-refractivity contribution in [1.29, 1.82) is 0 Å². The monoisotopic (exact) mass is 263 g/mol. The number of hydrogen-bond acceptors (Lipinski definition) is 3. The molecule has 1 aliphatic carbocycles. The highest BCUT2D eigenvalue weighted by molar-refractivity contribution is 5.20. The second-order valence-corrected chi connectivity index (χ2v) is 5.20. The third-order valence-corrected chi connectivity index (χ3v) is 3.82. The fourth-order valence-corrected chi connectivity index (χ4v) is 2.72. The van der Waals surface area contributed by atoms with E-state index in [1.54, 1.807) is 0 Å². The smallest absolute Gasteiger partial charge is 0.119 e. The van der Waals surface area contributed by atoms with Crippen LogP contribution in [-0.2, 0) is 4.74 Å². The van der Waals surface area contributed by atoms with E-state index in [2.05, 4.69) is 0 Å². The Morgan fingerprint density at radius 3 is 2.58 bits per heavy atom. The van der Waals surface area contributed by atoms with Gasteiger partial charge in [0, 0.05) is 0 Å². The fourth-order valence-electron chi connectivity index (χ4n) is 2.72. The third kappa shape index (κ3) is 4.84. The second-order valence-electron chi connectivity index (χ2n) is 5.20. The SMILES string of the molecule is NCC1CCCCCC1OCCOc1ccccc1. The fraction of sp³-hybridized carbons (Fsp3) is 0.625. The van der Waals surface area contributed by atoms with Crippen molar-refractivity contribution >= 4 is 0 Å². The number of rotatable bonds is 6. The molecular weight excluding hydrogens is 238 g/mol. The van der Waals surface area contributed by atoms with Gasteiger partial charge >= 0.3 is 0 Å². The summed E-state index contributed by atoms with van der Waals surface area (Å²) in [7, 11) is 0. The summed E-state index contributed by atoms with van der Waals surface area (Å²) in [6.45, 7) is 2.00. The average molecular weight is 263 g/mol. The van der Waals surface area contributed by atoms with Crippen LogP contribution in [0.3, 0.4) is 0 Å². The van der Waals surface area contributed by atoms with Gasteiger partial charge < -0.3 is 15.2 Å². The summed E-state index contributed by atoms with van der Waals surface area (Å²) in [5.41, 5.74) is 5.85. The van der Waals surface area contributed by atoms with Crippen LogP contribution >= 0.6 is 0 Å². The highest BCUT2D eigenvalue weighted by Crippen LogP contribution is 2.25. The van der Waals surface area contributed by atoms with Crippen LogP contribution in [0.5, 0.6) is 5.75 Å². The molecule has 2 rings (SSSR count). The van der Waals surface area contributed by atoms with E-state index in [0.717, 1.165) is 18.7 Å². The molecule has 2 atom stereocenters. The van der Waals surface area contributed by atoms with Gasteiger partial charge in [0.05, 0.1) is 12.7 Å². The minimum atomic E-state index is 0.326. The number of benzene rings is 1. The molecule has 106 valence electrons. The third-order valence-electron chi connectivity index (χ3n) is 3.82. The molecule has 0 saturated heterocycles. The van der Waals surface area contributed by atoms with Crippen molar-refractivity contribution in [2.75, 3.05) is 19.8 Å². The predicted molar refractivity (Wildman–Crippen MR) is 77.3 cm³/mol. The van der Waals surface area contributed by atoms with E-state index in [4.69, 9.17) is 15.2 Å². The van der Waals surface area contributed by atoms with Crippen LogP contribution in [0.2, 0.25) is 0 Å². The maximum Gasteiger partial charge on any atom is 0.119 e. The van der Waals surface area contributed by atoms with Crippen molar-refractivity contribution in [3.63, 3.8) is 0 Å². The number of ether oxygens (including phenoxy) is 2. The van der Waals surface area contributed by atoms with Crippen LogP contribution in [0, 0.1) is 5.92 Å². The van der Waals surface area contributed by atoms with Crippen molar-refractivity contribution in [3.05, 3.63) is 30.3 Å². The Balaban J connectivity index is 1.69. The van der Waals surface area contributed by atoms with Crippen molar-refractivity contribution in [3.8, 4) is 5.75 Å². The maximum atomic E-state index is 5.98. The quantitative estimate of drug-likeness (QED) is 0.634. The number of nitrogens with two attached hydrogens (primary N) is 1. The lowest BCUT2D eigenvalue weighted by molar-refractivity contribution is -0.00309. The average Bonchev–Trinajstić information content (AvgIpc) is 2.69. The topological polar surface area (TPSA) is 44.5 Å². The molecule has 0 spiro atoms. The molecule has 0 bridgehead atoms. The van der Waals surface area contributed by atoms with Gasteiger partial charge in [-0.3, -0.25) is 0 Å². The first kappa shape index (κ1) is 14.4. The zero-order valence-corrected chi connectivity index (χ0v) is 11.6. The summed E-state index contributed by atoms with van der Waals surface area (Å²) in [5, 5.41) is 0. The Morgan fingerprint density at radius 2 is 1.79 bits per heavy atom. The standard InChI is InChI=1S/C16H25NO2/c17-13-14-7-3-1-6-10-16(14)19-12-11-18-15-8-4-2-5-9-15/h2,4-5,8-9,14,16H,1,3,6-7,10-13,17H2. The van der Waals surface area contributed by atoms with Gasteiger partial charge in [-0.05, 0) is 37.4 Å². The predicted octanol–water partition coefficient (Wildman–Crippen LogP) is 2.99. The molecule has 1 aliphatic rings. The molecule has 2 unspecified atom stereocenters. The molecule has 3 heteroatoms. The van der Waals surface area contributed by atoms with Crippen LogP contribution < -0.4 is 10.5 Å². The summed E-state index contributed by atoms with van der Waals surface area (Å²) in [6, 6.07) is 9.88. The van der Waals surface area contributed by atoms with Crippen LogP contribution in [0.25, 0.3) is 0 Å². The van der Waals surface area contributed by atoms with Crippen molar-refractivity contribution in [2.45, 2.75) is 38.2 Å². The van der Waals surface area contributed by atoms with Gasteiger partial charge in [-0.25, -0.2) is 0 Å². The van der Waals surface area contributed by atoms with E-state index >= 15 is 0 Å². The van der Waals surface area contributed by atoms with Crippen LogP contribution in [0.15, 0.2) is 30.3 Å². The van der Waals surface area contributed by atoms with Crippen molar-refractivity contribution in [1.82, 2.24) is 0 Å². The van der Waals surface area contributed by atoms with Crippen LogP contribution in [-0.4, -0.2) is 25.9 Å². The molecule has 3 nitrogen and oxygen atoms in total. The zero-order chi connectivity index (χ0) is 13.3. The molecule has 1 aromatic rings. The molecule has 1 aromatic carbocycles. The Labute approximate surface area is 116 Å². The first-order valence-electron chi connectivity index (χ1n) is 7.39. The summed E-state index contributed by atoms with van der Waals surface area (Å²) in [5.74, 6) is 1.43. The largest absolute Gasteiger partial charge is 0.491 e. The van der Waals surface area contributed by atoms with Gasteiger partial charge in [0.2, 0.25) is 0 Å². The number of para-hydroxylation sites is 1. The number of hydrogen-bond donors (Lipinski definition) is 1. The summed E-state index contributed by atoms with van der Waals surface area (Å²) in [4.78, 5) is 0. The molecule has 19 heavy (non-hydrogen) atoms. The van der Waals surface area contributed by atoms with E-state index < -0.39 is 0 Å². The van der Waals surface area contributed by atoms with Gasteiger partial charge in [-0.1, -0.05) is 37.5 Å². The lowest BCUT2D eigenvalue weighted by Crippen LogP contribution is -2.30. The normalized spacial score (nSPS) is 23.8. The summed E-state index contributed by atoms with van der Waals surface area (Å²) >= 11 is 0. The molecule has 0 amide bonds. The second kappa shape index (κ2) is 8.18. The summed E-state index contributed by atoms with van der Waals surface area (Å²) < 4.78 is 11.6. The van der Waals surface area contributed by atoms with E-state index in [-0.39, 0.29) is 0 Å². The van der Waals surface area contributed by atoms with Crippen molar-refractivity contribution in [2.24, 2.45) is 11.7 Å². The van der Waals surface area contributed by atoms with Crippen LogP contribution in [0.1, 0.15) is 32.1 Å². The molecule has 2 N–H and O–H groups in total. The lowest BCUT2D eigenvalue weighted by Gasteiger charge is -2.24. The maximum absolute atomic E-state index is 5.98. The minimum absolute atomic E-state index is 0.326. The highest BCUT2D eigenvalue weighted by Gasteiger charge is 2.22. The Morgan fingerprint density at radius 1 is 1.00 bits per heavy atom. The van der Waals surface area contributed by atoms with E-state index in [1.165, 1.54) is 25.7 Å². The highest BCUT2D eigenvalue weighted by atomic mass is 16.5. The van der Waals surface area contributed by atoms with Gasteiger partial charge in [0.15, 0.2) is 0 Å². The lowest BCUT2D eigenvalue weighted by atomic mass is 9.97. The molecule has 1 fully saturated rings. The molecule has 0 heterocycles. The van der Waals surface area contributed by atoms with E-state index in [1.807, 2.05) is 30.3 Å². The van der Waals surface area contributed by atoms with Gasteiger partial charge in [-0.15, -0.1) is 0 Å². The van der Waals surface area contributed by atoms with Crippen molar-refractivity contribution < 1.29 is 9.47 Å². The zero-order valence-electron chi connectivity index (χ0n) is 11.6. The summed E-state index contributed by atoms with van der Waals surface area (Å²) in [6.07, 6.45) is 6.56. The first-order valence-corrected chi connectivity index (χ1v) is 7.39. The van der Waals surface area contributed by atoms with Crippen LogP contribution in [0.4, 0.5) is 0 Å². The van der Waals surface area contributed by atoms with Gasteiger partial charge in [0.25, 0.3) is 0 Å². The molecule has 0 radical (unpaired) electrons.